The highest BCUT2D eigenvalue weighted by atomic mass is 19.4. The molecular formula is C22H30F3N7O3. The summed E-state index contributed by atoms with van der Waals surface area (Å²) in [6.45, 7) is 5.64. The smallest absolute Gasteiger partial charge is 0.382 e. The van der Waals surface area contributed by atoms with E-state index >= 15 is 0 Å². The lowest BCUT2D eigenvalue weighted by atomic mass is 10.0. The molecule has 0 aromatic carbocycles. The molecule has 4 rings (SSSR count). The minimum Gasteiger partial charge on any atom is -0.382 e. The van der Waals surface area contributed by atoms with Crippen LogP contribution in [0.5, 0.6) is 0 Å². The van der Waals surface area contributed by atoms with E-state index in [9.17, 15) is 27.6 Å². The Bertz CT molecular complexity index is 1130. The predicted molar refractivity (Wildman–Crippen MR) is 123 cm³/mol. The number of halogens is 3. The van der Waals surface area contributed by atoms with Gasteiger partial charge in [0.25, 0.3) is 0 Å². The first-order chi connectivity index (χ1) is 16.4. The minimum atomic E-state index is -4.60. The average molecular weight is 498 g/mol. The minimum absolute atomic E-state index is 0.0431. The maximum atomic E-state index is 13.3. The van der Waals surface area contributed by atoms with Crippen LogP contribution in [0.15, 0.2) is 12.4 Å². The lowest BCUT2D eigenvalue weighted by molar-refractivity contribution is -0.201. The van der Waals surface area contributed by atoms with Crippen molar-refractivity contribution in [2.24, 2.45) is 12.5 Å². The zero-order valence-electron chi connectivity index (χ0n) is 20.1. The zero-order chi connectivity index (χ0) is 26.1. The Morgan fingerprint density at radius 2 is 1.83 bits per heavy atom. The van der Waals surface area contributed by atoms with Crippen molar-refractivity contribution in [2.75, 3.05) is 30.7 Å². The molecule has 35 heavy (non-hydrogen) atoms. The summed E-state index contributed by atoms with van der Waals surface area (Å²) < 4.78 is 41.4. The summed E-state index contributed by atoms with van der Waals surface area (Å²) in [4.78, 5) is 44.1. The van der Waals surface area contributed by atoms with Gasteiger partial charge in [-0.05, 0) is 19.8 Å². The van der Waals surface area contributed by atoms with Gasteiger partial charge < -0.3 is 20.9 Å². The molecule has 10 nitrogen and oxygen atoms in total. The molecule has 1 saturated heterocycles. The van der Waals surface area contributed by atoms with Gasteiger partial charge in [-0.2, -0.15) is 18.3 Å². The Morgan fingerprint density at radius 1 is 1.20 bits per heavy atom. The summed E-state index contributed by atoms with van der Waals surface area (Å²) in [5.41, 5.74) is 4.27. The second-order valence-corrected chi connectivity index (χ2v) is 8.93. The number of nitrogens with zero attached hydrogens (tertiary/aromatic N) is 5. The Balaban J connectivity index is 0.00000108. The molecule has 1 atom stereocenters. The van der Waals surface area contributed by atoms with Gasteiger partial charge in [0.05, 0.1) is 18.1 Å². The molecule has 2 fully saturated rings. The van der Waals surface area contributed by atoms with E-state index in [1.807, 2.05) is 0 Å². The quantitative estimate of drug-likeness (QED) is 0.613. The van der Waals surface area contributed by atoms with Crippen molar-refractivity contribution in [1.82, 2.24) is 24.6 Å². The van der Waals surface area contributed by atoms with E-state index in [1.165, 1.54) is 28.4 Å². The van der Waals surface area contributed by atoms with Gasteiger partial charge in [-0.3, -0.25) is 19.1 Å². The van der Waals surface area contributed by atoms with Gasteiger partial charge in [0.2, 0.25) is 5.91 Å². The maximum Gasteiger partial charge on any atom is 0.403 e. The van der Waals surface area contributed by atoms with Crippen molar-refractivity contribution in [3.63, 3.8) is 0 Å². The highest BCUT2D eigenvalue weighted by Crippen LogP contribution is 2.58. The fourth-order valence-electron chi connectivity index (χ4n) is 4.08. The summed E-state index contributed by atoms with van der Waals surface area (Å²) in [5, 5.41) is 7.07. The molecule has 1 aliphatic carbocycles. The fourth-order valence-corrected chi connectivity index (χ4v) is 4.08. The van der Waals surface area contributed by atoms with Gasteiger partial charge in [0.15, 0.2) is 0 Å². The van der Waals surface area contributed by atoms with Crippen molar-refractivity contribution in [1.29, 1.82) is 0 Å². The number of aromatic nitrogens is 3. The van der Waals surface area contributed by atoms with Crippen LogP contribution in [0.3, 0.4) is 0 Å². The number of carbonyl (C=O) groups is 3. The molecular weight excluding hydrogens is 467 g/mol. The maximum absolute atomic E-state index is 13.3. The standard InChI is InChI=1S/C19H22F3N7O3.C3H8/c1-10-9-28(5-6-29(10)17(32)18(3-4-18)19(20,21)22)16(31)15(30)26-12-8-24-14(23)13-11(12)7-25-27(13)2;1-3-2/h7-8,10H,3-6,9H2,1-2H3,(H2,23,24)(H,26,30);3H2,1-2H3. The summed E-state index contributed by atoms with van der Waals surface area (Å²) in [7, 11) is 1.66. The second-order valence-electron chi connectivity index (χ2n) is 8.93. The van der Waals surface area contributed by atoms with E-state index in [2.05, 4.69) is 29.2 Å². The molecule has 3 amide bonds. The van der Waals surface area contributed by atoms with Gasteiger partial charge in [-0.25, -0.2) is 4.98 Å². The van der Waals surface area contributed by atoms with Crippen LogP contribution < -0.4 is 11.1 Å². The number of carbonyl (C=O) groups excluding carboxylic acids is 3. The number of nitrogens with one attached hydrogen (secondary N) is 1. The molecule has 192 valence electrons. The van der Waals surface area contributed by atoms with E-state index in [1.54, 1.807) is 14.0 Å². The molecule has 2 aromatic rings. The number of hydrogen-bond donors (Lipinski definition) is 2. The number of amides is 3. The van der Waals surface area contributed by atoms with Crippen LogP contribution in [0.25, 0.3) is 10.9 Å². The SMILES string of the molecule is CC1CN(C(=O)C(=O)Nc2cnc(N)c3c2cnn3C)CCN1C(=O)C1(C(F)(F)F)CC1.CCC. The fraction of sp³-hybridized carbons (Fsp3) is 0.591. The molecule has 1 unspecified atom stereocenters. The number of pyridine rings is 1. The van der Waals surface area contributed by atoms with Crippen LogP contribution >= 0.6 is 0 Å². The molecule has 0 spiro atoms. The van der Waals surface area contributed by atoms with Crippen molar-refractivity contribution >= 4 is 40.1 Å². The van der Waals surface area contributed by atoms with Crippen molar-refractivity contribution in [3.05, 3.63) is 12.4 Å². The molecule has 3 N–H and O–H groups in total. The van der Waals surface area contributed by atoms with Crippen LogP contribution in [0.1, 0.15) is 40.0 Å². The first-order valence-electron chi connectivity index (χ1n) is 11.4. The van der Waals surface area contributed by atoms with E-state index in [-0.39, 0.29) is 44.0 Å². The van der Waals surface area contributed by atoms with E-state index in [0.29, 0.717) is 10.9 Å². The average Bonchev–Trinajstić information content (AvgIpc) is 3.52. The molecule has 3 heterocycles. The third kappa shape index (κ3) is 4.89. The Hall–Kier alpha value is -3.38. The van der Waals surface area contributed by atoms with Gasteiger partial charge in [-0.15, -0.1) is 0 Å². The number of nitrogen functional groups attached to an aromatic ring is 1. The lowest BCUT2D eigenvalue weighted by Gasteiger charge is -2.41. The topological polar surface area (TPSA) is 126 Å². The largest absolute Gasteiger partial charge is 0.403 e. The summed E-state index contributed by atoms with van der Waals surface area (Å²) in [6, 6.07) is -0.656. The third-order valence-electron chi connectivity index (χ3n) is 6.12. The molecule has 13 heteroatoms. The highest BCUT2D eigenvalue weighted by Gasteiger charge is 2.69. The number of fused-ring (bicyclic) bond motifs is 1. The van der Waals surface area contributed by atoms with Crippen molar-refractivity contribution in [2.45, 2.75) is 52.3 Å². The number of hydrogen-bond acceptors (Lipinski definition) is 6. The number of nitrogens with two attached hydrogens (primary N) is 1. The second kappa shape index (κ2) is 9.70. The van der Waals surface area contributed by atoms with E-state index in [4.69, 9.17) is 5.73 Å². The van der Waals surface area contributed by atoms with Gasteiger partial charge in [0, 0.05) is 38.1 Å². The summed E-state index contributed by atoms with van der Waals surface area (Å²) >= 11 is 0. The summed E-state index contributed by atoms with van der Waals surface area (Å²) in [5.74, 6) is -2.52. The Kier molecular flexibility index (Phi) is 7.27. The van der Waals surface area contributed by atoms with Crippen LogP contribution in [0.4, 0.5) is 24.7 Å². The number of aryl methyl sites for hydroxylation is 1. The van der Waals surface area contributed by atoms with Crippen molar-refractivity contribution < 1.29 is 27.6 Å². The molecule has 0 bridgehead atoms. The molecule has 0 radical (unpaired) electrons. The van der Waals surface area contributed by atoms with Crippen LogP contribution in [-0.2, 0) is 21.4 Å². The predicted octanol–water partition coefficient (Wildman–Crippen LogP) is 2.31. The van der Waals surface area contributed by atoms with Gasteiger partial charge in [0.1, 0.15) is 16.7 Å². The molecule has 1 aliphatic heterocycles. The third-order valence-corrected chi connectivity index (χ3v) is 6.12. The van der Waals surface area contributed by atoms with Crippen LogP contribution in [0, 0.1) is 5.41 Å². The van der Waals surface area contributed by atoms with Crippen LogP contribution in [0.2, 0.25) is 0 Å². The molecule has 2 aliphatic rings. The Labute approximate surface area is 200 Å². The lowest BCUT2D eigenvalue weighted by Crippen LogP contribution is -2.59. The monoisotopic (exact) mass is 497 g/mol. The highest BCUT2D eigenvalue weighted by molar-refractivity contribution is 6.40. The molecule has 2 aromatic heterocycles. The van der Waals surface area contributed by atoms with E-state index < -0.39 is 35.4 Å². The first-order valence-corrected chi connectivity index (χ1v) is 11.4. The number of anilines is 2. The number of piperazine rings is 1. The summed E-state index contributed by atoms with van der Waals surface area (Å²) in [6.07, 6.45) is -0.990. The van der Waals surface area contributed by atoms with Gasteiger partial charge >= 0.3 is 18.0 Å². The number of rotatable bonds is 2. The molecule has 1 saturated carbocycles. The first kappa shape index (κ1) is 26.2. The van der Waals surface area contributed by atoms with Gasteiger partial charge in [-0.1, -0.05) is 20.3 Å². The normalized spacial score (nSPS) is 19.1. The Morgan fingerprint density at radius 3 is 2.37 bits per heavy atom. The zero-order valence-corrected chi connectivity index (χ0v) is 20.1. The van der Waals surface area contributed by atoms with Crippen molar-refractivity contribution in [3.8, 4) is 0 Å². The number of alkyl halides is 3. The van der Waals surface area contributed by atoms with Crippen LogP contribution in [-0.4, -0.2) is 74.1 Å². The van der Waals surface area contributed by atoms with E-state index in [0.717, 1.165) is 4.90 Å².